The molecule has 0 radical (unpaired) electrons. The quantitative estimate of drug-likeness (QED) is 0.734. The van der Waals surface area contributed by atoms with Crippen LogP contribution in [0.15, 0.2) is 24.3 Å². The summed E-state index contributed by atoms with van der Waals surface area (Å²) >= 11 is 1.89. The molecular formula is C10H10N2S. The number of benzene rings is 1. The Hall–Kier alpha value is -0.980. The largest absolute Gasteiger partial charge is 0.301 e. The minimum Gasteiger partial charge on any atom is -0.301 e. The van der Waals surface area contributed by atoms with Gasteiger partial charge >= 0.3 is 0 Å². The van der Waals surface area contributed by atoms with E-state index in [1.165, 1.54) is 5.56 Å². The van der Waals surface area contributed by atoms with Gasteiger partial charge in [0, 0.05) is 12.3 Å². The van der Waals surface area contributed by atoms with Gasteiger partial charge in [0.1, 0.15) is 0 Å². The molecule has 0 saturated carbocycles. The third kappa shape index (κ3) is 1.85. The van der Waals surface area contributed by atoms with Crippen LogP contribution >= 0.6 is 11.8 Å². The van der Waals surface area contributed by atoms with Gasteiger partial charge in [-0.05, 0) is 17.7 Å². The minimum absolute atomic E-state index is 0.383. The van der Waals surface area contributed by atoms with Gasteiger partial charge in [-0.15, -0.1) is 11.8 Å². The van der Waals surface area contributed by atoms with Crippen LogP contribution in [0.4, 0.5) is 0 Å². The smallest absolute Gasteiger partial charge is 0.0991 e. The summed E-state index contributed by atoms with van der Waals surface area (Å²) in [5, 5.41) is 12.5. The highest BCUT2D eigenvalue weighted by Gasteiger charge is 2.16. The van der Waals surface area contributed by atoms with Crippen LogP contribution in [0, 0.1) is 11.3 Å². The lowest BCUT2D eigenvalue weighted by molar-refractivity contribution is 0.751. The molecule has 1 fully saturated rings. The Balaban J connectivity index is 2.25. The van der Waals surface area contributed by atoms with E-state index >= 15 is 0 Å². The average Bonchev–Trinajstić information content (AvgIpc) is 2.71. The van der Waals surface area contributed by atoms with Crippen LogP contribution in [0.3, 0.4) is 0 Å². The van der Waals surface area contributed by atoms with Crippen LogP contribution < -0.4 is 5.32 Å². The topological polar surface area (TPSA) is 35.8 Å². The van der Waals surface area contributed by atoms with Crippen molar-refractivity contribution in [3.05, 3.63) is 35.4 Å². The van der Waals surface area contributed by atoms with Crippen molar-refractivity contribution in [1.29, 1.82) is 5.26 Å². The second-order valence-electron chi connectivity index (χ2n) is 2.94. The summed E-state index contributed by atoms with van der Waals surface area (Å²) in [4.78, 5) is 0. The van der Waals surface area contributed by atoms with Crippen molar-refractivity contribution in [2.75, 3.05) is 12.3 Å². The highest BCUT2D eigenvalue weighted by Crippen LogP contribution is 2.29. The van der Waals surface area contributed by atoms with Gasteiger partial charge in [0.05, 0.1) is 17.0 Å². The van der Waals surface area contributed by atoms with Gasteiger partial charge < -0.3 is 5.32 Å². The molecule has 1 heterocycles. The summed E-state index contributed by atoms with van der Waals surface area (Å²) in [6.07, 6.45) is 0. The van der Waals surface area contributed by atoms with E-state index < -0.39 is 0 Å². The second kappa shape index (κ2) is 3.82. The molecule has 0 aliphatic carbocycles. The van der Waals surface area contributed by atoms with Crippen molar-refractivity contribution in [3.8, 4) is 6.07 Å². The molecule has 2 nitrogen and oxygen atoms in total. The molecular weight excluding hydrogens is 180 g/mol. The zero-order valence-corrected chi connectivity index (χ0v) is 7.97. The standard InChI is InChI=1S/C10H10N2S/c11-7-8-2-1-3-9(6-8)10-12-4-5-13-10/h1-3,6,10,12H,4-5H2. The first-order valence-electron chi connectivity index (χ1n) is 4.25. The number of nitrogens with zero attached hydrogens (tertiary/aromatic N) is 1. The van der Waals surface area contributed by atoms with Gasteiger partial charge in [-0.25, -0.2) is 0 Å². The van der Waals surface area contributed by atoms with Crippen LogP contribution in [0.1, 0.15) is 16.5 Å². The third-order valence-corrected chi connectivity index (χ3v) is 3.25. The Bertz CT molecular complexity index is 337. The van der Waals surface area contributed by atoms with Crippen LogP contribution in [-0.2, 0) is 0 Å². The number of hydrogen-bond donors (Lipinski definition) is 1. The van der Waals surface area contributed by atoms with E-state index in [9.17, 15) is 0 Å². The maximum absolute atomic E-state index is 8.73. The Labute approximate surface area is 82.0 Å². The van der Waals surface area contributed by atoms with Gasteiger partial charge in [-0.3, -0.25) is 0 Å². The molecule has 1 aromatic carbocycles. The molecule has 1 aliphatic rings. The summed E-state index contributed by atoms with van der Waals surface area (Å²) in [5.74, 6) is 1.15. The number of hydrogen-bond acceptors (Lipinski definition) is 3. The molecule has 1 aromatic rings. The molecule has 1 atom stereocenters. The molecule has 1 aliphatic heterocycles. The molecule has 3 heteroatoms. The van der Waals surface area contributed by atoms with Crippen LogP contribution in [0.2, 0.25) is 0 Å². The summed E-state index contributed by atoms with van der Waals surface area (Å²) < 4.78 is 0. The number of thioether (sulfide) groups is 1. The van der Waals surface area contributed by atoms with E-state index in [0.29, 0.717) is 5.37 Å². The Morgan fingerprint density at radius 3 is 3.15 bits per heavy atom. The molecule has 0 aromatic heterocycles. The molecule has 1 saturated heterocycles. The minimum atomic E-state index is 0.383. The van der Waals surface area contributed by atoms with E-state index in [1.807, 2.05) is 30.0 Å². The van der Waals surface area contributed by atoms with Crippen LogP contribution in [0.5, 0.6) is 0 Å². The zero-order valence-electron chi connectivity index (χ0n) is 7.16. The molecule has 1 N–H and O–H groups in total. The predicted molar refractivity (Wildman–Crippen MR) is 54.4 cm³/mol. The number of rotatable bonds is 1. The predicted octanol–water partition coefficient (Wildman–Crippen LogP) is 1.89. The first-order valence-corrected chi connectivity index (χ1v) is 5.30. The first-order chi connectivity index (χ1) is 6.40. The lowest BCUT2D eigenvalue weighted by Gasteiger charge is -2.09. The van der Waals surface area contributed by atoms with Crippen molar-refractivity contribution in [2.45, 2.75) is 5.37 Å². The fourth-order valence-electron chi connectivity index (χ4n) is 1.41. The van der Waals surface area contributed by atoms with Crippen LogP contribution in [-0.4, -0.2) is 12.3 Å². The van der Waals surface area contributed by atoms with Gasteiger partial charge in [-0.2, -0.15) is 5.26 Å². The summed E-state index contributed by atoms with van der Waals surface area (Å²) in [5.41, 5.74) is 1.95. The van der Waals surface area contributed by atoms with Gasteiger partial charge in [0.25, 0.3) is 0 Å². The molecule has 13 heavy (non-hydrogen) atoms. The molecule has 1 unspecified atom stereocenters. The summed E-state index contributed by atoms with van der Waals surface area (Å²) in [6.45, 7) is 1.06. The number of nitrogens with one attached hydrogen (secondary N) is 1. The SMILES string of the molecule is N#Cc1cccc(C2NCCS2)c1. The van der Waals surface area contributed by atoms with Crippen molar-refractivity contribution < 1.29 is 0 Å². The van der Waals surface area contributed by atoms with Crippen molar-refractivity contribution in [1.82, 2.24) is 5.32 Å². The van der Waals surface area contributed by atoms with E-state index in [1.54, 1.807) is 0 Å². The van der Waals surface area contributed by atoms with Gasteiger partial charge in [0.15, 0.2) is 0 Å². The third-order valence-electron chi connectivity index (χ3n) is 2.03. The molecule has 0 bridgehead atoms. The molecule has 0 spiro atoms. The van der Waals surface area contributed by atoms with Crippen molar-refractivity contribution >= 4 is 11.8 Å². The fourth-order valence-corrected chi connectivity index (χ4v) is 2.46. The van der Waals surface area contributed by atoms with Gasteiger partial charge in [-0.1, -0.05) is 12.1 Å². The van der Waals surface area contributed by atoms with Crippen molar-refractivity contribution in [2.24, 2.45) is 0 Å². The Morgan fingerprint density at radius 1 is 1.54 bits per heavy atom. The molecule has 2 rings (SSSR count). The maximum Gasteiger partial charge on any atom is 0.0991 e. The lowest BCUT2D eigenvalue weighted by atomic mass is 10.1. The van der Waals surface area contributed by atoms with Crippen molar-refractivity contribution in [3.63, 3.8) is 0 Å². The zero-order chi connectivity index (χ0) is 9.10. The van der Waals surface area contributed by atoms with Gasteiger partial charge in [0.2, 0.25) is 0 Å². The monoisotopic (exact) mass is 190 g/mol. The number of nitriles is 1. The van der Waals surface area contributed by atoms with Crippen LogP contribution in [0.25, 0.3) is 0 Å². The highest BCUT2D eigenvalue weighted by molar-refractivity contribution is 7.99. The maximum atomic E-state index is 8.73. The normalized spacial score (nSPS) is 21.3. The first kappa shape index (κ1) is 8.61. The van der Waals surface area contributed by atoms with E-state index in [2.05, 4.69) is 17.5 Å². The Morgan fingerprint density at radius 2 is 2.46 bits per heavy atom. The van der Waals surface area contributed by atoms with E-state index in [-0.39, 0.29) is 0 Å². The summed E-state index contributed by atoms with van der Waals surface area (Å²) in [7, 11) is 0. The molecule has 0 amide bonds. The average molecular weight is 190 g/mol. The Kier molecular flexibility index (Phi) is 2.53. The lowest BCUT2D eigenvalue weighted by Crippen LogP contribution is -2.11. The van der Waals surface area contributed by atoms with E-state index in [4.69, 9.17) is 5.26 Å². The second-order valence-corrected chi connectivity index (χ2v) is 4.16. The highest BCUT2D eigenvalue weighted by atomic mass is 32.2. The molecule has 66 valence electrons. The summed E-state index contributed by atoms with van der Waals surface area (Å²) in [6, 6.07) is 9.95. The van der Waals surface area contributed by atoms with E-state index in [0.717, 1.165) is 17.9 Å². The fraction of sp³-hybridized carbons (Fsp3) is 0.300.